The molecular weight excluding hydrogens is 224 g/mol. The summed E-state index contributed by atoms with van der Waals surface area (Å²) in [6.07, 6.45) is 0. The van der Waals surface area contributed by atoms with Crippen molar-refractivity contribution in [3.8, 4) is 11.5 Å². The minimum absolute atomic E-state index is 0.107. The second-order valence-corrected chi connectivity index (χ2v) is 3.86. The predicted octanol–water partition coefficient (Wildman–Crippen LogP) is 3.62. The number of hydrogen-bond acceptors (Lipinski definition) is 2. The SMILES string of the molecule is Oc1cc(Cl)cc(OCc2ccccc2)c1. The molecule has 0 spiro atoms. The highest BCUT2D eigenvalue weighted by atomic mass is 35.5. The summed E-state index contributed by atoms with van der Waals surface area (Å²) in [5, 5.41) is 9.79. The summed E-state index contributed by atoms with van der Waals surface area (Å²) in [5.41, 5.74) is 1.07. The van der Waals surface area contributed by atoms with Gasteiger partial charge in [-0.3, -0.25) is 0 Å². The first-order valence-corrected chi connectivity index (χ1v) is 5.28. The molecule has 0 heterocycles. The van der Waals surface area contributed by atoms with Crippen molar-refractivity contribution < 1.29 is 9.84 Å². The fraction of sp³-hybridized carbons (Fsp3) is 0.0769. The summed E-state index contributed by atoms with van der Waals surface area (Å²) >= 11 is 5.79. The Morgan fingerprint density at radius 2 is 1.81 bits per heavy atom. The Morgan fingerprint density at radius 1 is 1.06 bits per heavy atom. The molecule has 2 rings (SSSR count). The maximum atomic E-state index is 9.33. The van der Waals surface area contributed by atoms with Gasteiger partial charge in [-0.25, -0.2) is 0 Å². The normalized spacial score (nSPS) is 10.1. The molecule has 16 heavy (non-hydrogen) atoms. The first-order valence-electron chi connectivity index (χ1n) is 4.90. The van der Waals surface area contributed by atoms with E-state index >= 15 is 0 Å². The van der Waals surface area contributed by atoms with Gasteiger partial charge in [-0.2, -0.15) is 0 Å². The van der Waals surface area contributed by atoms with Gasteiger partial charge in [-0.15, -0.1) is 0 Å². The van der Waals surface area contributed by atoms with Crippen molar-refractivity contribution in [3.63, 3.8) is 0 Å². The molecular formula is C13H11ClO2. The summed E-state index contributed by atoms with van der Waals surface area (Å²) in [6, 6.07) is 14.5. The van der Waals surface area contributed by atoms with Gasteiger partial charge < -0.3 is 9.84 Å². The smallest absolute Gasteiger partial charge is 0.124 e. The molecule has 0 unspecified atom stereocenters. The molecule has 0 radical (unpaired) electrons. The van der Waals surface area contributed by atoms with Crippen molar-refractivity contribution in [3.05, 3.63) is 59.1 Å². The summed E-state index contributed by atoms with van der Waals surface area (Å²) in [4.78, 5) is 0. The van der Waals surface area contributed by atoms with Crippen LogP contribution in [0.1, 0.15) is 5.56 Å². The lowest BCUT2D eigenvalue weighted by atomic mass is 10.2. The molecule has 3 heteroatoms. The minimum Gasteiger partial charge on any atom is -0.508 e. The molecule has 0 aromatic heterocycles. The van der Waals surface area contributed by atoms with Gasteiger partial charge >= 0.3 is 0 Å². The van der Waals surface area contributed by atoms with E-state index in [-0.39, 0.29) is 5.75 Å². The van der Waals surface area contributed by atoms with Gasteiger partial charge in [-0.1, -0.05) is 41.9 Å². The molecule has 0 saturated carbocycles. The third-order valence-corrected chi connectivity index (χ3v) is 2.32. The fourth-order valence-corrected chi connectivity index (χ4v) is 1.59. The molecule has 0 bridgehead atoms. The van der Waals surface area contributed by atoms with E-state index in [0.717, 1.165) is 5.56 Å². The van der Waals surface area contributed by atoms with E-state index in [1.54, 1.807) is 6.07 Å². The largest absolute Gasteiger partial charge is 0.508 e. The summed E-state index contributed by atoms with van der Waals surface area (Å²) < 4.78 is 5.51. The number of benzene rings is 2. The lowest BCUT2D eigenvalue weighted by molar-refractivity contribution is 0.304. The molecule has 0 aliphatic heterocycles. The zero-order valence-electron chi connectivity index (χ0n) is 8.56. The van der Waals surface area contributed by atoms with Crippen LogP contribution in [0.4, 0.5) is 0 Å². The first kappa shape index (κ1) is 10.8. The van der Waals surface area contributed by atoms with Gasteiger partial charge in [0, 0.05) is 11.1 Å². The first-order chi connectivity index (χ1) is 7.74. The number of phenols is 1. The van der Waals surface area contributed by atoms with E-state index in [1.807, 2.05) is 30.3 Å². The topological polar surface area (TPSA) is 29.5 Å². The number of hydrogen-bond donors (Lipinski definition) is 1. The van der Waals surface area contributed by atoms with Crippen molar-refractivity contribution in [1.29, 1.82) is 0 Å². The number of halogens is 1. The molecule has 2 nitrogen and oxygen atoms in total. The maximum absolute atomic E-state index is 9.33. The molecule has 0 aliphatic carbocycles. The van der Waals surface area contributed by atoms with Crippen LogP contribution in [0.2, 0.25) is 5.02 Å². The van der Waals surface area contributed by atoms with Crippen molar-refractivity contribution in [2.45, 2.75) is 6.61 Å². The zero-order valence-corrected chi connectivity index (χ0v) is 9.32. The van der Waals surface area contributed by atoms with Gasteiger partial charge in [0.25, 0.3) is 0 Å². The molecule has 0 aliphatic rings. The average molecular weight is 235 g/mol. The van der Waals surface area contributed by atoms with E-state index in [4.69, 9.17) is 16.3 Å². The lowest BCUT2D eigenvalue weighted by Gasteiger charge is -2.07. The Morgan fingerprint density at radius 3 is 2.50 bits per heavy atom. The van der Waals surface area contributed by atoms with Crippen molar-refractivity contribution in [1.82, 2.24) is 0 Å². The second-order valence-electron chi connectivity index (χ2n) is 3.42. The number of rotatable bonds is 3. The summed E-state index contributed by atoms with van der Waals surface area (Å²) in [6.45, 7) is 0.459. The zero-order chi connectivity index (χ0) is 11.4. The van der Waals surface area contributed by atoms with Crippen molar-refractivity contribution in [2.24, 2.45) is 0 Å². The third-order valence-electron chi connectivity index (χ3n) is 2.10. The highest BCUT2D eigenvalue weighted by Gasteiger charge is 2.00. The van der Waals surface area contributed by atoms with Crippen LogP contribution in [-0.4, -0.2) is 5.11 Å². The molecule has 2 aromatic carbocycles. The highest BCUT2D eigenvalue weighted by molar-refractivity contribution is 6.30. The van der Waals surface area contributed by atoms with Crippen LogP contribution in [0.15, 0.2) is 48.5 Å². The third kappa shape index (κ3) is 2.91. The van der Waals surface area contributed by atoms with Gasteiger partial charge in [0.2, 0.25) is 0 Å². The molecule has 1 N–H and O–H groups in total. The van der Waals surface area contributed by atoms with Gasteiger partial charge in [0.1, 0.15) is 18.1 Å². The molecule has 2 aromatic rings. The Bertz CT molecular complexity index is 448. The van der Waals surface area contributed by atoms with E-state index in [1.165, 1.54) is 12.1 Å². The molecule has 0 fully saturated rings. The van der Waals surface area contributed by atoms with Crippen LogP contribution in [0, 0.1) is 0 Å². The van der Waals surface area contributed by atoms with Crippen LogP contribution in [-0.2, 0) is 6.61 Å². The van der Waals surface area contributed by atoms with E-state index in [0.29, 0.717) is 17.4 Å². The molecule has 0 atom stereocenters. The van der Waals surface area contributed by atoms with Crippen LogP contribution in [0.3, 0.4) is 0 Å². The van der Waals surface area contributed by atoms with Crippen LogP contribution in [0.5, 0.6) is 11.5 Å². The Labute approximate surface area is 99.1 Å². The minimum atomic E-state index is 0.107. The molecule has 0 amide bonds. The standard InChI is InChI=1S/C13H11ClO2/c14-11-6-12(15)8-13(7-11)16-9-10-4-2-1-3-5-10/h1-8,15H,9H2. The van der Waals surface area contributed by atoms with Crippen LogP contribution in [0.25, 0.3) is 0 Å². The van der Waals surface area contributed by atoms with E-state index < -0.39 is 0 Å². The molecule has 0 saturated heterocycles. The number of ether oxygens (including phenoxy) is 1. The van der Waals surface area contributed by atoms with Gasteiger partial charge in [0.15, 0.2) is 0 Å². The number of aromatic hydroxyl groups is 1. The van der Waals surface area contributed by atoms with Crippen molar-refractivity contribution >= 4 is 11.6 Å². The Balaban J connectivity index is 2.05. The lowest BCUT2D eigenvalue weighted by Crippen LogP contribution is -1.94. The fourth-order valence-electron chi connectivity index (χ4n) is 1.37. The summed E-state index contributed by atoms with van der Waals surface area (Å²) in [5.74, 6) is 0.671. The van der Waals surface area contributed by atoms with Gasteiger partial charge in [0.05, 0.1) is 0 Å². The van der Waals surface area contributed by atoms with E-state index in [2.05, 4.69) is 0 Å². The maximum Gasteiger partial charge on any atom is 0.124 e. The second kappa shape index (κ2) is 4.90. The Kier molecular flexibility index (Phi) is 3.32. The van der Waals surface area contributed by atoms with Crippen LogP contribution >= 0.6 is 11.6 Å². The predicted molar refractivity (Wildman–Crippen MR) is 63.9 cm³/mol. The quantitative estimate of drug-likeness (QED) is 0.879. The highest BCUT2D eigenvalue weighted by Crippen LogP contribution is 2.25. The monoisotopic (exact) mass is 234 g/mol. The number of phenolic OH excluding ortho intramolecular Hbond substituents is 1. The molecule has 82 valence electrons. The summed E-state index contributed by atoms with van der Waals surface area (Å²) in [7, 11) is 0. The van der Waals surface area contributed by atoms with Gasteiger partial charge in [-0.05, 0) is 17.7 Å². The van der Waals surface area contributed by atoms with Crippen LogP contribution < -0.4 is 4.74 Å². The van der Waals surface area contributed by atoms with E-state index in [9.17, 15) is 5.11 Å². The average Bonchev–Trinajstić information content (AvgIpc) is 2.27. The van der Waals surface area contributed by atoms with Crippen molar-refractivity contribution in [2.75, 3.05) is 0 Å². The Hall–Kier alpha value is -1.67.